The molecule has 0 spiro atoms. The van der Waals surface area contributed by atoms with Crippen molar-refractivity contribution in [2.24, 2.45) is 0 Å². The van der Waals surface area contributed by atoms with E-state index in [1.165, 1.54) is 38.5 Å². The third-order valence-electron chi connectivity index (χ3n) is 2.80. The summed E-state index contributed by atoms with van der Waals surface area (Å²) in [5.41, 5.74) is 1.14. The summed E-state index contributed by atoms with van der Waals surface area (Å²) in [6, 6.07) is 2.00. The first kappa shape index (κ1) is 8.60. The van der Waals surface area contributed by atoms with Crippen LogP contribution < -0.4 is 0 Å². The molecule has 1 aromatic rings. The van der Waals surface area contributed by atoms with Gasteiger partial charge in [-0.2, -0.15) is 0 Å². The Kier molecular flexibility index (Phi) is 2.85. The Morgan fingerprint density at radius 1 is 1.08 bits per heavy atom. The summed E-state index contributed by atoms with van der Waals surface area (Å²) in [6.07, 6.45) is 9.75. The van der Waals surface area contributed by atoms with Crippen LogP contribution in [0, 0.1) is 0 Å². The van der Waals surface area contributed by atoms with Gasteiger partial charge in [0.1, 0.15) is 0 Å². The van der Waals surface area contributed by atoms with E-state index in [4.69, 9.17) is 0 Å². The minimum atomic E-state index is 0.637. The molecule has 0 N–H and O–H groups in total. The maximum Gasteiger partial charge on any atom is 0.0695 e. The second kappa shape index (κ2) is 4.30. The molecule has 70 valence electrons. The van der Waals surface area contributed by atoms with E-state index >= 15 is 0 Å². The van der Waals surface area contributed by atoms with Crippen LogP contribution in [0.15, 0.2) is 12.3 Å². The molecule has 1 aromatic heterocycles. The fraction of sp³-hybridized carbons (Fsp3) is 0.700. The fourth-order valence-electron chi connectivity index (χ4n) is 2.04. The number of hydrogen-bond acceptors (Lipinski definition) is 3. The topological polar surface area (TPSA) is 38.7 Å². The first-order chi connectivity index (χ1) is 6.47. The zero-order valence-corrected chi connectivity index (χ0v) is 7.82. The normalized spacial score (nSPS) is 19.7. The Labute approximate surface area is 78.6 Å². The molecule has 1 aliphatic carbocycles. The quantitative estimate of drug-likeness (QED) is 0.618. The molecule has 0 aliphatic heterocycles. The zero-order valence-electron chi connectivity index (χ0n) is 7.82. The van der Waals surface area contributed by atoms with Crippen LogP contribution in [0.25, 0.3) is 0 Å². The van der Waals surface area contributed by atoms with Crippen molar-refractivity contribution in [3.8, 4) is 0 Å². The Morgan fingerprint density at radius 3 is 2.46 bits per heavy atom. The van der Waals surface area contributed by atoms with Gasteiger partial charge in [0.15, 0.2) is 0 Å². The Hall–Kier alpha value is -0.990. The highest BCUT2D eigenvalue weighted by Gasteiger charge is 2.15. The molecule has 0 saturated heterocycles. The number of nitrogens with zero attached hydrogens (tertiary/aromatic N) is 3. The number of hydrogen-bond donors (Lipinski definition) is 0. The second-order valence-corrected chi connectivity index (χ2v) is 3.73. The van der Waals surface area contributed by atoms with Crippen LogP contribution in [0.4, 0.5) is 0 Å². The summed E-state index contributed by atoms with van der Waals surface area (Å²) in [5, 5.41) is 11.5. The first-order valence-corrected chi connectivity index (χ1v) is 5.11. The smallest absolute Gasteiger partial charge is 0.0695 e. The zero-order chi connectivity index (χ0) is 8.93. The summed E-state index contributed by atoms with van der Waals surface area (Å²) in [4.78, 5) is 0. The van der Waals surface area contributed by atoms with Crippen molar-refractivity contribution in [3.63, 3.8) is 0 Å². The minimum Gasteiger partial charge on any atom is -0.139 e. The van der Waals surface area contributed by atoms with E-state index in [-0.39, 0.29) is 0 Å². The van der Waals surface area contributed by atoms with E-state index in [1.54, 1.807) is 6.20 Å². The lowest BCUT2D eigenvalue weighted by Crippen LogP contribution is -2.02. The van der Waals surface area contributed by atoms with Gasteiger partial charge in [-0.15, -0.1) is 10.2 Å². The van der Waals surface area contributed by atoms with Crippen LogP contribution in [0.3, 0.4) is 0 Å². The summed E-state index contributed by atoms with van der Waals surface area (Å²) >= 11 is 0. The monoisotopic (exact) mass is 177 g/mol. The van der Waals surface area contributed by atoms with Crippen molar-refractivity contribution in [1.29, 1.82) is 0 Å². The fourth-order valence-corrected chi connectivity index (χ4v) is 2.04. The summed E-state index contributed by atoms with van der Waals surface area (Å²) in [5.74, 6) is 0.637. The van der Waals surface area contributed by atoms with Crippen LogP contribution in [-0.4, -0.2) is 15.4 Å². The van der Waals surface area contributed by atoms with Crippen LogP contribution in [0.2, 0.25) is 0 Å². The molecule has 0 radical (unpaired) electrons. The predicted octanol–water partition coefficient (Wildman–Crippen LogP) is 2.31. The average Bonchev–Trinajstić information content (AvgIpc) is 2.47. The molecule has 3 heteroatoms. The molecule has 0 aromatic carbocycles. The molecule has 0 unspecified atom stereocenters. The molecule has 1 heterocycles. The maximum atomic E-state index is 4.08. The van der Waals surface area contributed by atoms with Crippen LogP contribution in [-0.2, 0) is 0 Å². The summed E-state index contributed by atoms with van der Waals surface area (Å²) < 4.78 is 0. The van der Waals surface area contributed by atoms with Crippen LogP contribution in [0.1, 0.15) is 50.1 Å². The minimum absolute atomic E-state index is 0.637. The Balaban J connectivity index is 2.06. The first-order valence-electron chi connectivity index (χ1n) is 5.11. The third-order valence-corrected chi connectivity index (χ3v) is 2.80. The van der Waals surface area contributed by atoms with E-state index in [1.807, 2.05) is 6.07 Å². The van der Waals surface area contributed by atoms with Gasteiger partial charge in [0.2, 0.25) is 0 Å². The van der Waals surface area contributed by atoms with Gasteiger partial charge in [-0.3, -0.25) is 0 Å². The highest BCUT2D eigenvalue weighted by atomic mass is 15.3. The van der Waals surface area contributed by atoms with Gasteiger partial charge in [0.05, 0.1) is 11.9 Å². The van der Waals surface area contributed by atoms with Crippen molar-refractivity contribution >= 4 is 0 Å². The van der Waals surface area contributed by atoms with Crippen LogP contribution in [0.5, 0.6) is 0 Å². The average molecular weight is 177 g/mol. The third kappa shape index (κ3) is 2.23. The van der Waals surface area contributed by atoms with Gasteiger partial charge < -0.3 is 0 Å². The lowest BCUT2D eigenvalue weighted by Gasteiger charge is -2.10. The molecule has 0 atom stereocenters. The molecule has 2 rings (SSSR count). The molecular formula is C10H15N3. The number of rotatable bonds is 1. The molecule has 13 heavy (non-hydrogen) atoms. The lowest BCUT2D eigenvalue weighted by molar-refractivity contribution is 0.563. The van der Waals surface area contributed by atoms with Gasteiger partial charge >= 0.3 is 0 Å². The van der Waals surface area contributed by atoms with E-state index in [9.17, 15) is 0 Å². The van der Waals surface area contributed by atoms with Crippen molar-refractivity contribution in [3.05, 3.63) is 18.0 Å². The molecular weight excluding hydrogens is 162 g/mol. The summed E-state index contributed by atoms with van der Waals surface area (Å²) in [7, 11) is 0. The largest absolute Gasteiger partial charge is 0.139 e. The van der Waals surface area contributed by atoms with E-state index in [2.05, 4.69) is 15.4 Å². The van der Waals surface area contributed by atoms with Crippen molar-refractivity contribution in [2.45, 2.75) is 44.4 Å². The van der Waals surface area contributed by atoms with E-state index < -0.39 is 0 Å². The summed E-state index contributed by atoms with van der Waals surface area (Å²) in [6.45, 7) is 0. The molecule has 1 fully saturated rings. The van der Waals surface area contributed by atoms with Gasteiger partial charge in [0, 0.05) is 5.92 Å². The predicted molar refractivity (Wildman–Crippen MR) is 50.3 cm³/mol. The lowest BCUT2D eigenvalue weighted by atomic mass is 9.97. The Morgan fingerprint density at radius 2 is 1.85 bits per heavy atom. The molecule has 1 saturated carbocycles. The highest BCUT2D eigenvalue weighted by molar-refractivity contribution is 5.04. The maximum absolute atomic E-state index is 4.08. The molecule has 0 bridgehead atoms. The Bertz CT molecular complexity index is 240. The van der Waals surface area contributed by atoms with Crippen molar-refractivity contribution in [2.75, 3.05) is 0 Å². The van der Waals surface area contributed by atoms with E-state index in [0.717, 1.165) is 5.69 Å². The van der Waals surface area contributed by atoms with Gasteiger partial charge in [-0.05, 0) is 24.1 Å². The van der Waals surface area contributed by atoms with Crippen molar-refractivity contribution in [1.82, 2.24) is 15.4 Å². The SMILES string of the molecule is c1cc(C2CCCCCC2)nnn1. The van der Waals surface area contributed by atoms with Gasteiger partial charge in [0.25, 0.3) is 0 Å². The highest BCUT2D eigenvalue weighted by Crippen LogP contribution is 2.29. The molecule has 3 nitrogen and oxygen atoms in total. The van der Waals surface area contributed by atoms with Gasteiger partial charge in [-0.1, -0.05) is 25.7 Å². The van der Waals surface area contributed by atoms with Gasteiger partial charge in [-0.25, -0.2) is 0 Å². The molecule has 1 aliphatic rings. The second-order valence-electron chi connectivity index (χ2n) is 3.73. The molecule has 0 amide bonds. The van der Waals surface area contributed by atoms with Crippen LogP contribution >= 0.6 is 0 Å². The van der Waals surface area contributed by atoms with Crippen molar-refractivity contribution < 1.29 is 0 Å². The van der Waals surface area contributed by atoms with E-state index in [0.29, 0.717) is 5.92 Å². The number of aromatic nitrogens is 3. The standard InChI is InChI=1S/C10H15N3/c1-2-4-6-9(5-3-1)10-7-8-11-13-12-10/h7-9H,1-6H2.